The Hall–Kier alpha value is -3.19. The molecule has 0 radical (unpaired) electrons. The van der Waals surface area contributed by atoms with Crippen molar-refractivity contribution in [2.75, 3.05) is 11.9 Å². The molecule has 128 valence electrons. The van der Waals surface area contributed by atoms with Crippen LogP contribution in [0.3, 0.4) is 0 Å². The first kappa shape index (κ1) is 15.1. The number of rotatable bonds is 1. The van der Waals surface area contributed by atoms with Crippen molar-refractivity contribution in [2.45, 2.75) is 6.54 Å². The molecule has 4 aromatic rings. The summed E-state index contributed by atoms with van der Waals surface area (Å²) >= 11 is 6.09. The average Bonchev–Trinajstić information content (AvgIpc) is 3.30. The summed E-state index contributed by atoms with van der Waals surface area (Å²) in [7, 11) is 0. The molecular formula is C18H13ClN6O. The maximum Gasteiger partial charge on any atom is 0.280 e. The average molecular weight is 365 g/mol. The number of aromatic amines is 1. The maximum absolute atomic E-state index is 12.7. The molecule has 0 spiro atoms. The summed E-state index contributed by atoms with van der Waals surface area (Å²) in [6.45, 7) is 1.47. The highest BCUT2D eigenvalue weighted by atomic mass is 35.5. The van der Waals surface area contributed by atoms with Gasteiger partial charge in [0.2, 0.25) is 5.62 Å². The van der Waals surface area contributed by atoms with Crippen molar-refractivity contribution >= 4 is 45.3 Å². The van der Waals surface area contributed by atoms with Crippen molar-refractivity contribution in [3.05, 3.63) is 58.9 Å². The Labute approximate surface area is 152 Å². The van der Waals surface area contributed by atoms with E-state index in [-0.39, 0.29) is 5.91 Å². The van der Waals surface area contributed by atoms with Crippen LogP contribution in [0.2, 0.25) is 5.02 Å². The number of aromatic nitrogens is 4. The number of imidazole rings is 1. The summed E-state index contributed by atoms with van der Waals surface area (Å²) < 4.78 is 1.92. The number of nitrogens with zero attached hydrogens (tertiary/aromatic N) is 4. The largest absolute Gasteiger partial charge is 0.369 e. The van der Waals surface area contributed by atoms with Gasteiger partial charge in [-0.2, -0.15) is 4.99 Å². The second-order valence-electron chi connectivity index (χ2n) is 6.05. The van der Waals surface area contributed by atoms with Gasteiger partial charge in [-0.1, -0.05) is 11.6 Å². The minimum atomic E-state index is -0.350. The molecule has 2 aromatic heterocycles. The predicted molar refractivity (Wildman–Crippen MR) is 99.2 cm³/mol. The number of H-pyrrole nitrogens is 1. The first-order chi connectivity index (χ1) is 12.7. The van der Waals surface area contributed by atoms with Crippen LogP contribution in [0.15, 0.2) is 47.7 Å². The molecule has 0 bridgehead atoms. The molecule has 2 aromatic carbocycles. The number of hydrogen-bond acceptors (Lipinski definition) is 4. The Morgan fingerprint density at radius 2 is 2.12 bits per heavy atom. The molecule has 8 heteroatoms. The third-order valence-corrected chi connectivity index (χ3v) is 4.68. The van der Waals surface area contributed by atoms with E-state index in [1.807, 2.05) is 16.7 Å². The van der Waals surface area contributed by atoms with Gasteiger partial charge in [0.1, 0.15) is 5.82 Å². The fourth-order valence-electron chi connectivity index (χ4n) is 3.21. The van der Waals surface area contributed by atoms with Crippen LogP contribution in [0.1, 0.15) is 10.4 Å². The van der Waals surface area contributed by atoms with Gasteiger partial charge in [0.05, 0.1) is 22.9 Å². The van der Waals surface area contributed by atoms with Gasteiger partial charge in [-0.05, 0) is 36.4 Å². The zero-order valence-corrected chi connectivity index (χ0v) is 14.3. The van der Waals surface area contributed by atoms with E-state index in [2.05, 4.69) is 25.3 Å². The molecule has 1 aliphatic heterocycles. The molecule has 0 fully saturated rings. The Kier molecular flexibility index (Phi) is 3.29. The lowest BCUT2D eigenvalue weighted by Gasteiger charge is -2.08. The highest BCUT2D eigenvalue weighted by Crippen LogP contribution is 2.25. The van der Waals surface area contributed by atoms with E-state index in [4.69, 9.17) is 11.6 Å². The molecule has 0 saturated heterocycles. The Balaban J connectivity index is 1.69. The maximum atomic E-state index is 12.7. The van der Waals surface area contributed by atoms with Crippen molar-refractivity contribution in [3.63, 3.8) is 0 Å². The Bertz CT molecular complexity index is 1260. The minimum absolute atomic E-state index is 0.350. The fourth-order valence-corrected chi connectivity index (χ4v) is 3.38. The number of anilines is 1. The van der Waals surface area contributed by atoms with Crippen molar-refractivity contribution in [1.29, 1.82) is 0 Å². The van der Waals surface area contributed by atoms with Gasteiger partial charge in [0.25, 0.3) is 5.91 Å². The summed E-state index contributed by atoms with van der Waals surface area (Å²) in [4.78, 5) is 28.7. The van der Waals surface area contributed by atoms with Crippen LogP contribution in [-0.4, -0.2) is 32.0 Å². The zero-order valence-electron chi connectivity index (χ0n) is 13.5. The monoisotopic (exact) mass is 364 g/mol. The number of carbonyl (C=O) groups is 1. The number of nitrogens with one attached hydrogen (secondary N) is 2. The van der Waals surface area contributed by atoms with Crippen molar-refractivity contribution in [1.82, 2.24) is 19.5 Å². The lowest BCUT2D eigenvalue weighted by atomic mass is 10.2. The van der Waals surface area contributed by atoms with Crippen LogP contribution >= 0.6 is 11.6 Å². The minimum Gasteiger partial charge on any atom is -0.369 e. The summed E-state index contributed by atoms with van der Waals surface area (Å²) in [5.74, 6) is 0.555. The highest BCUT2D eigenvalue weighted by molar-refractivity contribution is 6.31. The molecule has 26 heavy (non-hydrogen) atoms. The van der Waals surface area contributed by atoms with Gasteiger partial charge < -0.3 is 10.3 Å². The number of hydrogen-bond donors (Lipinski definition) is 2. The molecule has 1 amide bonds. The second kappa shape index (κ2) is 5.67. The first-order valence-corrected chi connectivity index (χ1v) is 8.53. The number of benzene rings is 2. The Morgan fingerprint density at radius 1 is 1.19 bits per heavy atom. The summed E-state index contributed by atoms with van der Waals surface area (Å²) in [5.41, 5.74) is 3.15. The molecule has 1 aliphatic rings. The second-order valence-corrected chi connectivity index (χ2v) is 6.49. The van der Waals surface area contributed by atoms with Gasteiger partial charge in [0.15, 0.2) is 0 Å². The standard InChI is InChI=1S/C18H13ClN6O/c19-11-2-3-12-14(8-11)23-18(25-6-5-20-16(12)25)24-17(26)10-1-4-13-15(7-10)22-9-21-13/h1-4,7-9,20H,5-6H2,(H,21,22). The zero-order chi connectivity index (χ0) is 17.7. The van der Waals surface area contributed by atoms with E-state index in [1.54, 1.807) is 30.6 Å². The summed E-state index contributed by atoms with van der Waals surface area (Å²) in [6.07, 6.45) is 1.60. The van der Waals surface area contributed by atoms with E-state index >= 15 is 0 Å². The molecule has 0 atom stereocenters. The van der Waals surface area contributed by atoms with Gasteiger partial charge >= 0.3 is 0 Å². The molecule has 5 rings (SSSR count). The van der Waals surface area contributed by atoms with Crippen LogP contribution in [0.5, 0.6) is 0 Å². The lowest BCUT2D eigenvalue weighted by molar-refractivity contribution is 0.0996. The molecule has 0 aliphatic carbocycles. The number of amides is 1. The fraction of sp³-hybridized carbons (Fsp3) is 0.111. The Morgan fingerprint density at radius 3 is 3.04 bits per heavy atom. The third-order valence-electron chi connectivity index (χ3n) is 4.44. The number of halogens is 1. The summed E-state index contributed by atoms with van der Waals surface area (Å²) in [6, 6.07) is 10.8. The van der Waals surface area contributed by atoms with Crippen molar-refractivity contribution in [2.24, 2.45) is 4.99 Å². The van der Waals surface area contributed by atoms with E-state index in [0.29, 0.717) is 28.3 Å². The highest BCUT2D eigenvalue weighted by Gasteiger charge is 2.16. The molecule has 0 unspecified atom stereocenters. The van der Waals surface area contributed by atoms with Crippen molar-refractivity contribution < 1.29 is 4.79 Å². The molecule has 7 nitrogen and oxygen atoms in total. The van der Waals surface area contributed by atoms with E-state index in [9.17, 15) is 4.79 Å². The topological polar surface area (TPSA) is 88.0 Å². The van der Waals surface area contributed by atoms with E-state index < -0.39 is 0 Å². The van der Waals surface area contributed by atoms with Crippen LogP contribution in [-0.2, 0) is 6.54 Å². The third kappa shape index (κ3) is 2.36. The van der Waals surface area contributed by atoms with Gasteiger partial charge in [-0.25, -0.2) is 9.97 Å². The normalized spacial score (nSPS) is 14.0. The number of carbonyl (C=O) groups excluding carboxylic acids is 1. The van der Waals surface area contributed by atoms with Gasteiger partial charge in [-0.15, -0.1) is 0 Å². The van der Waals surface area contributed by atoms with Gasteiger partial charge in [-0.3, -0.25) is 9.36 Å². The van der Waals surface area contributed by atoms with Crippen molar-refractivity contribution in [3.8, 4) is 0 Å². The van der Waals surface area contributed by atoms with Crippen LogP contribution in [0.25, 0.3) is 21.9 Å². The molecule has 3 heterocycles. The quantitative estimate of drug-likeness (QED) is 0.543. The SMILES string of the molecule is O=C(N=c1nc2cc(Cl)ccc2c2n1CCN2)c1ccc2nc[nH]c2c1. The van der Waals surface area contributed by atoms with E-state index in [1.165, 1.54) is 0 Å². The smallest absolute Gasteiger partial charge is 0.280 e. The van der Waals surface area contributed by atoms with Crippen LogP contribution in [0.4, 0.5) is 5.82 Å². The lowest BCUT2D eigenvalue weighted by Crippen LogP contribution is -2.24. The predicted octanol–water partition coefficient (Wildman–Crippen LogP) is 2.73. The number of fused-ring (bicyclic) bond motifs is 4. The van der Waals surface area contributed by atoms with Crippen LogP contribution < -0.4 is 10.9 Å². The molecule has 0 saturated carbocycles. The van der Waals surface area contributed by atoms with Gasteiger partial charge in [0, 0.05) is 29.1 Å². The van der Waals surface area contributed by atoms with E-state index in [0.717, 1.165) is 28.8 Å². The first-order valence-electron chi connectivity index (χ1n) is 8.15. The molecular weight excluding hydrogens is 352 g/mol. The molecule has 2 N–H and O–H groups in total. The summed E-state index contributed by atoms with van der Waals surface area (Å²) in [5, 5.41) is 4.88. The van der Waals surface area contributed by atoms with Crippen LogP contribution in [0, 0.1) is 0 Å².